The fourth-order valence-electron chi connectivity index (χ4n) is 2.74. The maximum absolute atomic E-state index is 12.9. The molecule has 1 saturated heterocycles. The average molecular weight is 313 g/mol. The number of hydrogen-bond acceptors (Lipinski definition) is 4. The highest BCUT2D eigenvalue weighted by Gasteiger charge is 2.30. The number of hydrogen-bond donors (Lipinski definition) is 0. The predicted molar refractivity (Wildman–Crippen MR) is 81.4 cm³/mol. The zero-order valence-electron chi connectivity index (χ0n) is 13.0. The van der Waals surface area contributed by atoms with Crippen molar-refractivity contribution in [3.63, 3.8) is 0 Å². The van der Waals surface area contributed by atoms with Gasteiger partial charge in [-0.25, -0.2) is 8.42 Å². The molecule has 1 aromatic rings. The summed E-state index contributed by atoms with van der Waals surface area (Å²) in [6.07, 6.45) is 1.99. The van der Waals surface area contributed by atoms with Crippen LogP contribution in [0.15, 0.2) is 17.0 Å². The number of sulfonamides is 1. The van der Waals surface area contributed by atoms with Crippen molar-refractivity contribution in [3.05, 3.63) is 17.7 Å². The van der Waals surface area contributed by atoms with Crippen LogP contribution >= 0.6 is 0 Å². The summed E-state index contributed by atoms with van der Waals surface area (Å²) < 4.78 is 37.7. The van der Waals surface area contributed by atoms with E-state index in [-0.39, 0.29) is 0 Å². The molecule has 5 nitrogen and oxygen atoms in total. The first-order chi connectivity index (χ1) is 9.90. The summed E-state index contributed by atoms with van der Waals surface area (Å²) in [7, 11) is -0.439. The molecule has 0 N–H and O–H groups in total. The van der Waals surface area contributed by atoms with Crippen LogP contribution in [0.5, 0.6) is 11.5 Å². The normalized spacial score (nSPS) is 20.3. The van der Waals surface area contributed by atoms with Gasteiger partial charge in [-0.05, 0) is 37.3 Å². The molecule has 21 heavy (non-hydrogen) atoms. The summed E-state index contributed by atoms with van der Waals surface area (Å²) in [4.78, 5) is 0.300. The summed E-state index contributed by atoms with van der Waals surface area (Å²) in [5.74, 6) is 1.38. The highest BCUT2D eigenvalue weighted by Crippen LogP contribution is 2.34. The van der Waals surface area contributed by atoms with Crippen molar-refractivity contribution in [3.8, 4) is 11.5 Å². The number of rotatable bonds is 4. The molecule has 0 amide bonds. The Balaban J connectivity index is 2.44. The number of nitrogens with zero attached hydrogens (tertiary/aromatic N) is 1. The van der Waals surface area contributed by atoms with E-state index in [0.717, 1.165) is 12.8 Å². The van der Waals surface area contributed by atoms with E-state index in [9.17, 15) is 8.42 Å². The Kier molecular flexibility index (Phi) is 4.78. The van der Waals surface area contributed by atoms with Crippen LogP contribution in [0.4, 0.5) is 0 Å². The summed E-state index contributed by atoms with van der Waals surface area (Å²) in [6, 6.07) is 3.27. The van der Waals surface area contributed by atoms with E-state index < -0.39 is 10.0 Å². The number of benzene rings is 1. The molecule has 2 rings (SSSR count). The molecule has 0 saturated carbocycles. The zero-order valence-corrected chi connectivity index (χ0v) is 13.9. The molecule has 1 unspecified atom stereocenters. The molecule has 1 aliphatic heterocycles. The molecule has 1 aliphatic rings. The Labute approximate surface area is 126 Å². The maximum Gasteiger partial charge on any atom is 0.243 e. The first-order valence-electron chi connectivity index (χ1n) is 7.13. The summed E-state index contributed by atoms with van der Waals surface area (Å²) in [5, 5.41) is 0. The molecule has 1 heterocycles. The molecule has 0 aliphatic carbocycles. The van der Waals surface area contributed by atoms with Crippen LogP contribution in [-0.4, -0.2) is 40.0 Å². The van der Waals surface area contributed by atoms with Crippen LogP contribution in [-0.2, 0) is 10.0 Å². The average Bonchev–Trinajstić information content (AvgIpc) is 2.46. The van der Waals surface area contributed by atoms with Crippen molar-refractivity contribution in [2.75, 3.05) is 27.3 Å². The van der Waals surface area contributed by atoms with Crippen molar-refractivity contribution >= 4 is 10.0 Å². The Morgan fingerprint density at radius 2 is 1.81 bits per heavy atom. The minimum absolute atomic E-state index is 0.300. The molecule has 118 valence electrons. The summed E-state index contributed by atoms with van der Waals surface area (Å²) in [6.45, 7) is 5.03. The zero-order chi connectivity index (χ0) is 15.6. The third kappa shape index (κ3) is 3.16. The molecule has 1 fully saturated rings. The van der Waals surface area contributed by atoms with Gasteiger partial charge in [0.1, 0.15) is 0 Å². The first kappa shape index (κ1) is 16.1. The lowest BCUT2D eigenvalue weighted by Crippen LogP contribution is -2.39. The first-order valence-corrected chi connectivity index (χ1v) is 8.57. The van der Waals surface area contributed by atoms with Gasteiger partial charge in [-0.15, -0.1) is 0 Å². The van der Waals surface area contributed by atoms with Gasteiger partial charge in [0.05, 0.1) is 19.1 Å². The highest BCUT2D eigenvalue weighted by atomic mass is 32.2. The molecule has 0 bridgehead atoms. The minimum atomic E-state index is -3.49. The van der Waals surface area contributed by atoms with Crippen LogP contribution in [0, 0.1) is 12.8 Å². The monoisotopic (exact) mass is 313 g/mol. The molecule has 6 heteroatoms. The van der Waals surface area contributed by atoms with Gasteiger partial charge in [-0.2, -0.15) is 4.31 Å². The SMILES string of the molecule is COc1cc(C)c(S(=O)(=O)N2CCCC(C)C2)cc1OC. The molecule has 0 radical (unpaired) electrons. The van der Waals surface area contributed by atoms with E-state index in [0.29, 0.717) is 41.0 Å². The Hall–Kier alpha value is -1.27. The maximum atomic E-state index is 12.9. The highest BCUT2D eigenvalue weighted by molar-refractivity contribution is 7.89. The standard InChI is InChI=1S/C15H23NO4S/c1-11-6-5-7-16(10-11)21(17,18)15-9-14(20-4)13(19-3)8-12(15)2/h8-9,11H,5-7,10H2,1-4H3. The van der Waals surface area contributed by atoms with Crippen molar-refractivity contribution in [1.82, 2.24) is 4.31 Å². The second-order valence-electron chi connectivity index (χ2n) is 5.58. The van der Waals surface area contributed by atoms with Gasteiger partial charge >= 0.3 is 0 Å². The lowest BCUT2D eigenvalue weighted by atomic mass is 10.0. The van der Waals surface area contributed by atoms with Crippen molar-refractivity contribution < 1.29 is 17.9 Å². The predicted octanol–water partition coefficient (Wildman–Crippen LogP) is 2.43. The minimum Gasteiger partial charge on any atom is -0.493 e. The fraction of sp³-hybridized carbons (Fsp3) is 0.600. The van der Waals surface area contributed by atoms with E-state index in [2.05, 4.69) is 6.92 Å². The second-order valence-corrected chi connectivity index (χ2v) is 7.49. The Morgan fingerprint density at radius 1 is 1.19 bits per heavy atom. The van der Waals surface area contributed by atoms with Crippen LogP contribution in [0.25, 0.3) is 0 Å². The quantitative estimate of drug-likeness (QED) is 0.856. The molecular weight excluding hydrogens is 290 g/mol. The van der Waals surface area contributed by atoms with E-state index >= 15 is 0 Å². The number of methoxy groups -OCH3 is 2. The van der Waals surface area contributed by atoms with E-state index in [1.54, 1.807) is 23.4 Å². The lowest BCUT2D eigenvalue weighted by molar-refractivity contribution is 0.281. The van der Waals surface area contributed by atoms with Crippen LogP contribution in [0.1, 0.15) is 25.3 Å². The third-order valence-corrected chi connectivity index (χ3v) is 5.93. The topological polar surface area (TPSA) is 55.8 Å². The summed E-state index contributed by atoms with van der Waals surface area (Å²) >= 11 is 0. The van der Waals surface area contributed by atoms with E-state index in [1.165, 1.54) is 14.2 Å². The largest absolute Gasteiger partial charge is 0.493 e. The number of aryl methyl sites for hydroxylation is 1. The van der Waals surface area contributed by atoms with Gasteiger partial charge in [-0.1, -0.05) is 6.92 Å². The smallest absolute Gasteiger partial charge is 0.243 e. The number of ether oxygens (including phenoxy) is 2. The molecule has 1 atom stereocenters. The molecule has 0 aromatic heterocycles. The number of piperidine rings is 1. The van der Waals surface area contributed by atoms with Gasteiger partial charge < -0.3 is 9.47 Å². The Bertz CT molecular complexity index is 612. The van der Waals surface area contributed by atoms with Gasteiger partial charge in [0, 0.05) is 19.2 Å². The second kappa shape index (κ2) is 6.23. The van der Waals surface area contributed by atoms with Crippen LogP contribution in [0.3, 0.4) is 0 Å². The Morgan fingerprint density at radius 3 is 2.38 bits per heavy atom. The van der Waals surface area contributed by atoms with Crippen LogP contribution in [0.2, 0.25) is 0 Å². The van der Waals surface area contributed by atoms with Gasteiger partial charge in [0.2, 0.25) is 10.0 Å². The van der Waals surface area contributed by atoms with Gasteiger partial charge in [0.25, 0.3) is 0 Å². The summed E-state index contributed by atoms with van der Waals surface area (Å²) in [5.41, 5.74) is 0.672. The fourth-order valence-corrected chi connectivity index (χ4v) is 4.56. The van der Waals surface area contributed by atoms with E-state index in [1.807, 2.05) is 0 Å². The molecular formula is C15H23NO4S. The van der Waals surface area contributed by atoms with Gasteiger partial charge in [0.15, 0.2) is 11.5 Å². The van der Waals surface area contributed by atoms with Crippen molar-refractivity contribution in [2.24, 2.45) is 5.92 Å². The van der Waals surface area contributed by atoms with Crippen molar-refractivity contribution in [2.45, 2.75) is 31.6 Å². The molecule has 1 aromatic carbocycles. The van der Waals surface area contributed by atoms with E-state index in [4.69, 9.17) is 9.47 Å². The van der Waals surface area contributed by atoms with Crippen molar-refractivity contribution in [1.29, 1.82) is 0 Å². The van der Waals surface area contributed by atoms with Crippen LogP contribution < -0.4 is 9.47 Å². The van der Waals surface area contributed by atoms with Gasteiger partial charge in [-0.3, -0.25) is 0 Å². The molecule has 0 spiro atoms. The lowest BCUT2D eigenvalue weighted by Gasteiger charge is -2.30. The third-order valence-electron chi connectivity index (χ3n) is 3.92.